The lowest BCUT2D eigenvalue weighted by atomic mass is 9.85. The van der Waals surface area contributed by atoms with Crippen LogP contribution >= 0.6 is 0 Å². The van der Waals surface area contributed by atoms with E-state index in [-0.39, 0.29) is 0 Å². The molecule has 0 aromatic carbocycles. The number of methoxy groups -OCH3 is 2. The molecule has 1 aliphatic rings. The Hall–Kier alpha value is -0.610. The van der Waals surface area contributed by atoms with E-state index >= 15 is 0 Å². The first kappa shape index (κ1) is 10.5. The van der Waals surface area contributed by atoms with E-state index in [9.17, 15) is 4.79 Å². The number of rotatable bonds is 4. The number of hydrogen-bond donors (Lipinski definition) is 1. The molecule has 0 unspecified atom stereocenters. The van der Waals surface area contributed by atoms with E-state index in [1.165, 1.54) is 14.2 Å². The highest BCUT2D eigenvalue weighted by atomic mass is 16.7. The monoisotopic (exact) mass is 188 g/mol. The van der Waals surface area contributed by atoms with Crippen LogP contribution in [-0.2, 0) is 14.3 Å². The Labute approximate surface area is 77.8 Å². The minimum absolute atomic E-state index is 0.618. The summed E-state index contributed by atoms with van der Waals surface area (Å²) in [6.07, 6.45) is 2.56. The topological polar surface area (TPSA) is 55.8 Å². The van der Waals surface area contributed by atoms with Gasteiger partial charge in [0, 0.05) is 14.2 Å². The summed E-state index contributed by atoms with van der Waals surface area (Å²) in [5, 5.41) is 9.14. The lowest BCUT2D eigenvalue weighted by Crippen LogP contribution is -2.42. The number of hydrogen-bond acceptors (Lipinski definition) is 3. The number of ether oxygens (including phenoxy) is 2. The van der Waals surface area contributed by atoms with Crippen LogP contribution in [0, 0.1) is 5.41 Å². The fraction of sp³-hybridized carbons (Fsp3) is 0.889. The first-order chi connectivity index (χ1) is 6.17. The predicted octanol–water partition coefficient (Wildman–Crippen LogP) is 1.25. The third kappa shape index (κ3) is 1.69. The van der Waals surface area contributed by atoms with Crippen LogP contribution in [0.2, 0.25) is 0 Å². The molecule has 0 aromatic heterocycles. The number of carboxylic acids is 1. The summed E-state index contributed by atoms with van der Waals surface area (Å²) in [5.41, 5.74) is -0.816. The van der Waals surface area contributed by atoms with E-state index in [4.69, 9.17) is 14.6 Å². The van der Waals surface area contributed by atoms with Crippen molar-refractivity contribution < 1.29 is 19.4 Å². The molecular formula is C9H16O4. The van der Waals surface area contributed by atoms with E-state index in [2.05, 4.69) is 0 Å². The molecule has 4 heteroatoms. The Morgan fingerprint density at radius 1 is 1.31 bits per heavy atom. The van der Waals surface area contributed by atoms with Gasteiger partial charge in [-0.05, 0) is 12.8 Å². The van der Waals surface area contributed by atoms with E-state index in [0.29, 0.717) is 12.8 Å². The quantitative estimate of drug-likeness (QED) is 0.674. The molecule has 0 amide bonds. The van der Waals surface area contributed by atoms with Crippen LogP contribution in [0.1, 0.15) is 25.7 Å². The van der Waals surface area contributed by atoms with Crippen molar-refractivity contribution in [2.75, 3.05) is 14.2 Å². The molecule has 0 saturated heterocycles. The van der Waals surface area contributed by atoms with Gasteiger partial charge in [-0.1, -0.05) is 12.8 Å². The van der Waals surface area contributed by atoms with E-state index < -0.39 is 17.7 Å². The molecule has 0 spiro atoms. The highest BCUT2D eigenvalue weighted by Gasteiger charge is 2.48. The maximum absolute atomic E-state index is 11.1. The lowest BCUT2D eigenvalue weighted by molar-refractivity contribution is -0.198. The van der Waals surface area contributed by atoms with Crippen LogP contribution in [0.4, 0.5) is 0 Å². The SMILES string of the molecule is COC(OC)C1(C(=O)O)CCCC1. The Kier molecular flexibility index (Phi) is 3.27. The van der Waals surface area contributed by atoms with E-state index in [0.717, 1.165) is 12.8 Å². The minimum atomic E-state index is -0.816. The highest BCUT2D eigenvalue weighted by Crippen LogP contribution is 2.42. The average molecular weight is 188 g/mol. The summed E-state index contributed by atoms with van der Waals surface area (Å²) in [5.74, 6) is -0.807. The first-order valence-electron chi connectivity index (χ1n) is 4.46. The molecule has 0 bridgehead atoms. The van der Waals surface area contributed by atoms with Gasteiger partial charge in [0.15, 0.2) is 6.29 Å². The molecule has 0 atom stereocenters. The molecule has 1 N–H and O–H groups in total. The van der Waals surface area contributed by atoms with Crippen LogP contribution in [0.3, 0.4) is 0 Å². The zero-order valence-corrected chi connectivity index (χ0v) is 8.08. The second-order valence-corrected chi connectivity index (χ2v) is 3.47. The van der Waals surface area contributed by atoms with Gasteiger partial charge < -0.3 is 14.6 Å². The van der Waals surface area contributed by atoms with Crippen molar-refractivity contribution in [2.24, 2.45) is 5.41 Å². The van der Waals surface area contributed by atoms with Gasteiger partial charge in [-0.2, -0.15) is 0 Å². The zero-order chi connectivity index (χ0) is 9.90. The zero-order valence-electron chi connectivity index (χ0n) is 8.08. The lowest BCUT2D eigenvalue weighted by Gasteiger charge is -2.30. The van der Waals surface area contributed by atoms with Gasteiger partial charge >= 0.3 is 5.97 Å². The maximum Gasteiger partial charge on any atom is 0.314 e. The third-order valence-electron chi connectivity index (χ3n) is 2.80. The molecule has 0 heterocycles. The molecule has 13 heavy (non-hydrogen) atoms. The van der Waals surface area contributed by atoms with Gasteiger partial charge in [0.2, 0.25) is 0 Å². The standard InChI is InChI=1S/C9H16O4/c1-12-8(13-2)9(7(10)11)5-3-4-6-9/h8H,3-6H2,1-2H3,(H,10,11). The highest BCUT2D eigenvalue weighted by molar-refractivity contribution is 5.75. The van der Waals surface area contributed by atoms with Crippen molar-refractivity contribution in [3.05, 3.63) is 0 Å². The fourth-order valence-corrected chi connectivity index (χ4v) is 2.10. The van der Waals surface area contributed by atoms with Crippen molar-refractivity contribution in [1.82, 2.24) is 0 Å². The van der Waals surface area contributed by atoms with Gasteiger partial charge in [-0.25, -0.2) is 0 Å². The number of carboxylic acid groups (broad SMARTS) is 1. The van der Waals surface area contributed by atoms with Crippen LogP contribution in [-0.4, -0.2) is 31.6 Å². The van der Waals surface area contributed by atoms with Gasteiger partial charge in [0.1, 0.15) is 5.41 Å². The smallest absolute Gasteiger partial charge is 0.314 e. The fourth-order valence-electron chi connectivity index (χ4n) is 2.10. The van der Waals surface area contributed by atoms with Gasteiger partial charge in [-0.15, -0.1) is 0 Å². The van der Waals surface area contributed by atoms with Gasteiger partial charge in [0.25, 0.3) is 0 Å². The minimum Gasteiger partial charge on any atom is -0.481 e. The van der Waals surface area contributed by atoms with E-state index in [1.54, 1.807) is 0 Å². The van der Waals surface area contributed by atoms with Crippen LogP contribution < -0.4 is 0 Å². The molecule has 1 fully saturated rings. The molecule has 76 valence electrons. The summed E-state index contributed by atoms with van der Waals surface area (Å²) in [6.45, 7) is 0. The van der Waals surface area contributed by atoms with Crippen LogP contribution in [0.5, 0.6) is 0 Å². The largest absolute Gasteiger partial charge is 0.481 e. The Bertz CT molecular complexity index is 180. The van der Waals surface area contributed by atoms with Crippen molar-refractivity contribution in [2.45, 2.75) is 32.0 Å². The molecule has 1 saturated carbocycles. The number of aliphatic carboxylic acids is 1. The van der Waals surface area contributed by atoms with E-state index in [1.807, 2.05) is 0 Å². The third-order valence-corrected chi connectivity index (χ3v) is 2.80. The summed E-state index contributed by atoms with van der Waals surface area (Å²) in [4.78, 5) is 11.1. The molecule has 4 nitrogen and oxygen atoms in total. The summed E-state index contributed by atoms with van der Waals surface area (Å²) >= 11 is 0. The number of carbonyl (C=O) groups is 1. The van der Waals surface area contributed by atoms with Crippen LogP contribution in [0.15, 0.2) is 0 Å². The van der Waals surface area contributed by atoms with Gasteiger partial charge in [0.05, 0.1) is 0 Å². The molecule has 0 aliphatic heterocycles. The van der Waals surface area contributed by atoms with Crippen molar-refractivity contribution in [3.63, 3.8) is 0 Å². The van der Waals surface area contributed by atoms with Crippen LogP contribution in [0.25, 0.3) is 0 Å². The molecule has 1 rings (SSSR count). The second-order valence-electron chi connectivity index (χ2n) is 3.47. The van der Waals surface area contributed by atoms with Crippen molar-refractivity contribution in [1.29, 1.82) is 0 Å². The second kappa shape index (κ2) is 4.07. The molecule has 0 aromatic rings. The van der Waals surface area contributed by atoms with Gasteiger partial charge in [-0.3, -0.25) is 4.79 Å². The Balaban J connectivity index is 2.82. The average Bonchev–Trinajstić information content (AvgIpc) is 2.56. The normalized spacial score (nSPS) is 20.8. The van der Waals surface area contributed by atoms with Crippen molar-refractivity contribution >= 4 is 5.97 Å². The molecular weight excluding hydrogens is 172 g/mol. The predicted molar refractivity (Wildman–Crippen MR) is 46.3 cm³/mol. The summed E-state index contributed by atoms with van der Waals surface area (Å²) in [6, 6.07) is 0. The molecule has 0 radical (unpaired) electrons. The molecule has 1 aliphatic carbocycles. The van der Waals surface area contributed by atoms with Crippen molar-refractivity contribution in [3.8, 4) is 0 Å². The Morgan fingerprint density at radius 3 is 2.08 bits per heavy atom. The first-order valence-corrected chi connectivity index (χ1v) is 4.46. The Morgan fingerprint density at radius 2 is 1.77 bits per heavy atom. The summed E-state index contributed by atoms with van der Waals surface area (Å²) < 4.78 is 10.1. The maximum atomic E-state index is 11.1. The summed E-state index contributed by atoms with van der Waals surface area (Å²) in [7, 11) is 2.97.